The van der Waals surface area contributed by atoms with Crippen LogP contribution in [0.5, 0.6) is 11.5 Å². The van der Waals surface area contributed by atoms with Crippen LogP contribution in [0.3, 0.4) is 0 Å². The molecular formula is C16H17NO3. The Morgan fingerprint density at radius 3 is 2.85 bits per heavy atom. The first-order valence-corrected chi connectivity index (χ1v) is 6.61. The number of benzene rings is 1. The molecule has 0 radical (unpaired) electrons. The molecule has 0 bridgehead atoms. The molecule has 4 nitrogen and oxygen atoms in total. The van der Waals surface area contributed by atoms with Crippen LogP contribution in [0.25, 0.3) is 0 Å². The van der Waals surface area contributed by atoms with E-state index >= 15 is 0 Å². The zero-order chi connectivity index (χ0) is 14.0. The molecule has 1 unspecified atom stereocenters. The average Bonchev–Trinajstić information content (AvgIpc) is 2.95. The number of aliphatic hydroxyl groups is 1. The lowest BCUT2D eigenvalue weighted by molar-refractivity contribution is 0.173. The second kappa shape index (κ2) is 5.13. The number of hydrogen-bond donors (Lipinski definition) is 1. The van der Waals surface area contributed by atoms with Crippen molar-refractivity contribution < 1.29 is 14.6 Å². The van der Waals surface area contributed by atoms with Crippen molar-refractivity contribution in [2.24, 2.45) is 0 Å². The van der Waals surface area contributed by atoms with E-state index in [1.54, 1.807) is 6.20 Å². The maximum absolute atomic E-state index is 9.86. The quantitative estimate of drug-likeness (QED) is 0.927. The fourth-order valence-corrected chi connectivity index (χ4v) is 2.47. The Hall–Kier alpha value is -2.07. The van der Waals surface area contributed by atoms with Gasteiger partial charge in [0, 0.05) is 17.8 Å². The topological polar surface area (TPSA) is 51.6 Å². The molecule has 1 N–H and O–H groups in total. The van der Waals surface area contributed by atoms with E-state index in [9.17, 15) is 5.11 Å². The van der Waals surface area contributed by atoms with Gasteiger partial charge < -0.3 is 14.6 Å². The molecule has 3 rings (SSSR count). The van der Waals surface area contributed by atoms with Gasteiger partial charge in [0.25, 0.3) is 0 Å². The van der Waals surface area contributed by atoms with Crippen molar-refractivity contribution in [2.75, 3.05) is 13.4 Å². The first kappa shape index (κ1) is 12.9. The molecule has 0 amide bonds. The minimum atomic E-state index is -0.371. The van der Waals surface area contributed by atoms with Crippen molar-refractivity contribution >= 4 is 0 Å². The van der Waals surface area contributed by atoms with E-state index in [2.05, 4.69) is 4.98 Å². The summed E-state index contributed by atoms with van der Waals surface area (Å²) in [4.78, 5) is 4.13. The first-order valence-electron chi connectivity index (χ1n) is 6.61. The number of fused-ring (bicyclic) bond motifs is 1. The molecular weight excluding hydrogens is 254 g/mol. The van der Waals surface area contributed by atoms with E-state index in [1.165, 1.54) is 0 Å². The maximum atomic E-state index is 9.86. The highest BCUT2D eigenvalue weighted by Crippen LogP contribution is 2.37. The Morgan fingerprint density at radius 1 is 1.25 bits per heavy atom. The summed E-state index contributed by atoms with van der Waals surface area (Å²) < 4.78 is 10.7. The molecule has 0 fully saturated rings. The molecule has 0 saturated heterocycles. The van der Waals surface area contributed by atoms with E-state index in [1.807, 2.05) is 43.5 Å². The van der Waals surface area contributed by atoms with Gasteiger partial charge in [0.05, 0.1) is 6.61 Å². The third-order valence-electron chi connectivity index (χ3n) is 3.74. The number of aromatic nitrogens is 1. The zero-order valence-corrected chi connectivity index (χ0v) is 11.4. The van der Waals surface area contributed by atoms with Crippen LogP contribution in [-0.4, -0.2) is 23.5 Å². The van der Waals surface area contributed by atoms with Gasteiger partial charge in [-0.05, 0) is 35.7 Å². The Labute approximate surface area is 118 Å². The number of hydrogen-bond acceptors (Lipinski definition) is 4. The average molecular weight is 271 g/mol. The van der Waals surface area contributed by atoms with Gasteiger partial charge in [-0.1, -0.05) is 19.1 Å². The van der Waals surface area contributed by atoms with E-state index in [4.69, 9.17) is 9.47 Å². The molecule has 2 aromatic rings. The van der Waals surface area contributed by atoms with Crippen molar-refractivity contribution in [3.8, 4) is 11.5 Å². The van der Waals surface area contributed by atoms with Crippen molar-refractivity contribution in [3.05, 3.63) is 53.9 Å². The van der Waals surface area contributed by atoms with Gasteiger partial charge in [-0.3, -0.25) is 4.98 Å². The second-order valence-corrected chi connectivity index (χ2v) is 5.32. The smallest absolute Gasteiger partial charge is 0.231 e. The molecule has 1 aromatic carbocycles. The highest BCUT2D eigenvalue weighted by molar-refractivity contribution is 5.47. The Morgan fingerprint density at radius 2 is 2.10 bits per heavy atom. The monoisotopic (exact) mass is 271 g/mol. The number of aliphatic hydroxyl groups excluding tert-OH is 1. The standard InChI is InChI=1S/C16H17NO3/c1-16(10-18,8-12-3-2-6-17-9-12)13-4-5-14-15(7-13)20-11-19-14/h2-7,9,18H,8,10-11H2,1H3. The molecule has 1 aromatic heterocycles. The number of rotatable bonds is 4. The van der Waals surface area contributed by atoms with Crippen LogP contribution in [0.15, 0.2) is 42.7 Å². The van der Waals surface area contributed by atoms with Crippen LogP contribution < -0.4 is 9.47 Å². The SMILES string of the molecule is CC(CO)(Cc1cccnc1)c1ccc2c(c1)OCO2. The minimum absolute atomic E-state index is 0.0571. The number of pyridine rings is 1. The van der Waals surface area contributed by atoms with Gasteiger partial charge in [-0.25, -0.2) is 0 Å². The zero-order valence-electron chi connectivity index (χ0n) is 11.4. The van der Waals surface area contributed by atoms with Crippen LogP contribution in [0.4, 0.5) is 0 Å². The highest BCUT2D eigenvalue weighted by atomic mass is 16.7. The molecule has 0 saturated carbocycles. The molecule has 1 aliphatic rings. The summed E-state index contributed by atoms with van der Waals surface area (Å²) in [5, 5.41) is 9.86. The molecule has 2 heterocycles. The van der Waals surface area contributed by atoms with Crippen LogP contribution in [0.1, 0.15) is 18.1 Å². The van der Waals surface area contributed by atoms with Crippen molar-refractivity contribution in [2.45, 2.75) is 18.8 Å². The fraction of sp³-hybridized carbons (Fsp3) is 0.312. The molecule has 20 heavy (non-hydrogen) atoms. The van der Waals surface area contributed by atoms with E-state index in [0.29, 0.717) is 0 Å². The first-order chi connectivity index (χ1) is 9.71. The van der Waals surface area contributed by atoms with Crippen molar-refractivity contribution in [1.82, 2.24) is 4.98 Å². The molecule has 0 spiro atoms. The van der Waals surface area contributed by atoms with E-state index in [-0.39, 0.29) is 18.8 Å². The Balaban J connectivity index is 1.92. The fourth-order valence-electron chi connectivity index (χ4n) is 2.47. The predicted octanol–water partition coefficient (Wildman–Crippen LogP) is 2.30. The lowest BCUT2D eigenvalue weighted by Crippen LogP contribution is -2.29. The van der Waals surface area contributed by atoms with Gasteiger partial charge >= 0.3 is 0 Å². The van der Waals surface area contributed by atoms with Crippen molar-refractivity contribution in [1.29, 1.82) is 0 Å². The second-order valence-electron chi connectivity index (χ2n) is 5.32. The summed E-state index contributed by atoms with van der Waals surface area (Å²) in [5.41, 5.74) is 1.76. The molecule has 104 valence electrons. The van der Waals surface area contributed by atoms with Gasteiger partial charge in [0.2, 0.25) is 6.79 Å². The van der Waals surface area contributed by atoms with Crippen LogP contribution in [0, 0.1) is 0 Å². The summed E-state index contributed by atoms with van der Waals surface area (Å²) in [6.07, 6.45) is 4.30. The van der Waals surface area contributed by atoms with Gasteiger partial charge in [-0.2, -0.15) is 0 Å². The van der Waals surface area contributed by atoms with Gasteiger partial charge in [0.15, 0.2) is 11.5 Å². The van der Waals surface area contributed by atoms with Gasteiger partial charge in [0.1, 0.15) is 0 Å². The third-order valence-corrected chi connectivity index (χ3v) is 3.74. The molecule has 0 aliphatic carbocycles. The molecule has 1 aliphatic heterocycles. The van der Waals surface area contributed by atoms with E-state index < -0.39 is 0 Å². The minimum Gasteiger partial charge on any atom is -0.454 e. The normalized spacial score (nSPS) is 15.9. The largest absolute Gasteiger partial charge is 0.454 e. The highest BCUT2D eigenvalue weighted by Gasteiger charge is 2.28. The summed E-state index contributed by atoms with van der Waals surface area (Å²) in [6.45, 7) is 2.36. The Kier molecular flexibility index (Phi) is 3.32. The third kappa shape index (κ3) is 2.34. The summed E-state index contributed by atoms with van der Waals surface area (Å²) >= 11 is 0. The van der Waals surface area contributed by atoms with Crippen molar-refractivity contribution in [3.63, 3.8) is 0 Å². The lowest BCUT2D eigenvalue weighted by Gasteiger charge is -2.28. The molecule has 1 atom stereocenters. The maximum Gasteiger partial charge on any atom is 0.231 e. The molecule has 4 heteroatoms. The van der Waals surface area contributed by atoms with Crippen LogP contribution in [0.2, 0.25) is 0 Å². The van der Waals surface area contributed by atoms with Crippen LogP contribution >= 0.6 is 0 Å². The number of nitrogens with zero attached hydrogens (tertiary/aromatic N) is 1. The summed E-state index contributed by atoms with van der Waals surface area (Å²) in [7, 11) is 0. The lowest BCUT2D eigenvalue weighted by atomic mass is 9.78. The van der Waals surface area contributed by atoms with E-state index in [0.717, 1.165) is 29.0 Å². The van der Waals surface area contributed by atoms with Gasteiger partial charge in [-0.15, -0.1) is 0 Å². The van der Waals surface area contributed by atoms with Crippen LogP contribution in [-0.2, 0) is 11.8 Å². The Bertz CT molecular complexity index is 600. The number of ether oxygens (including phenoxy) is 2. The summed E-state index contributed by atoms with van der Waals surface area (Å²) in [6, 6.07) is 9.77. The predicted molar refractivity (Wildman–Crippen MR) is 74.9 cm³/mol. The summed E-state index contributed by atoms with van der Waals surface area (Å²) in [5.74, 6) is 1.50.